The van der Waals surface area contributed by atoms with Crippen LogP contribution in [-0.2, 0) is 4.74 Å². The number of carbonyl (C=O) groups excluding carboxylic acids is 1. The summed E-state index contributed by atoms with van der Waals surface area (Å²) in [5, 5.41) is 3.19. The summed E-state index contributed by atoms with van der Waals surface area (Å²) in [5.74, 6) is -0.769. The zero-order chi connectivity index (χ0) is 13.0. The van der Waals surface area contributed by atoms with Crippen LogP contribution in [-0.4, -0.2) is 19.1 Å². The summed E-state index contributed by atoms with van der Waals surface area (Å²) in [6.45, 7) is 0. The molecule has 0 spiro atoms. The van der Waals surface area contributed by atoms with Crippen molar-refractivity contribution in [3.05, 3.63) is 29.6 Å². The number of hydrogen-bond acceptors (Lipinski definition) is 3. The number of anilines is 1. The standard InChI is InChI=1S/C14H18FNO2/c1-18-14(17)10-7-8-12(15)13(9-10)16-11-5-3-2-4-6-11/h7-9,11,16H,2-6H2,1H3. The Bertz CT molecular complexity index is 428. The number of ether oxygens (including phenoxy) is 1. The second kappa shape index (κ2) is 5.85. The Labute approximate surface area is 106 Å². The number of nitrogens with one attached hydrogen (secondary N) is 1. The predicted molar refractivity (Wildman–Crippen MR) is 68.2 cm³/mol. The zero-order valence-electron chi connectivity index (χ0n) is 10.5. The largest absolute Gasteiger partial charge is 0.465 e. The van der Waals surface area contributed by atoms with E-state index in [0.717, 1.165) is 12.8 Å². The average Bonchev–Trinajstić information content (AvgIpc) is 2.41. The Morgan fingerprint density at radius 2 is 2.06 bits per heavy atom. The van der Waals surface area contributed by atoms with Crippen LogP contribution in [0.15, 0.2) is 18.2 Å². The van der Waals surface area contributed by atoms with Gasteiger partial charge in [-0.3, -0.25) is 0 Å². The molecular weight excluding hydrogens is 233 g/mol. The minimum Gasteiger partial charge on any atom is -0.465 e. The predicted octanol–water partition coefficient (Wildman–Crippen LogP) is 3.36. The third-order valence-electron chi connectivity index (χ3n) is 3.35. The zero-order valence-corrected chi connectivity index (χ0v) is 10.5. The van der Waals surface area contributed by atoms with Crippen molar-refractivity contribution in [1.82, 2.24) is 0 Å². The summed E-state index contributed by atoms with van der Waals surface area (Å²) in [7, 11) is 1.32. The molecule has 0 radical (unpaired) electrons. The maximum atomic E-state index is 13.7. The monoisotopic (exact) mass is 251 g/mol. The van der Waals surface area contributed by atoms with Crippen molar-refractivity contribution in [3.8, 4) is 0 Å². The number of hydrogen-bond donors (Lipinski definition) is 1. The summed E-state index contributed by atoms with van der Waals surface area (Å²) in [4.78, 5) is 11.4. The molecule has 98 valence electrons. The highest BCUT2D eigenvalue weighted by Crippen LogP contribution is 2.24. The quantitative estimate of drug-likeness (QED) is 0.837. The van der Waals surface area contributed by atoms with Gasteiger partial charge in [-0.25, -0.2) is 9.18 Å². The lowest BCUT2D eigenvalue weighted by atomic mass is 9.95. The van der Waals surface area contributed by atoms with Gasteiger partial charge in [0.15, 0.2) is 0 Å². The summed E-state index contributed by atoms with van der Waals surface area (Å²) in [6, 6.07) is 4.57. The van der Waals surface area contributed by atoms with Gasteiger partial charge in [-0.2, -0.15) is 0 Å². The van der Waals surface area contributed by atoms with Gasteiger partial charge in [0.2, 0.25) is 0 Å². The molecule has 1 N–H and O–H groups in total. The first-order valence-electron chi connectivity index (χ1n) is 6.35. The lowest BCUT2D eigenvalue weighted by Gasteiger charge is -2.24. The van der Waals surface area contributed by atoms with Crippen LogP contribution in [0.5, 0.6) is 0 Å². The number of benzene rings is 1. The SMILES string of the molecule is COC(=O)c1ccc(F)c(NC2CCCCC2)c1. The van der Waals surface area contributed by atoms with Gasteiger partial charge in [0.05, 0.1) is 18.4 Å². The molecule has 0 unspecified atom stereocenters. The second-order valence-electron chi connectivity index (χ2n) is 4.67. The van der Waals surface area contributed by atoms with Gasteiger partial charge in [-0.15, -0.1) is 0 Å². The molecule has 3 nitrogen and oxygen atoms in total. The van der Waals surface area contributed by atoms with Crippen LogP contribution in [0.2, 0.25) is 0 Å². The van der Waals surface area contributed by atoms with Crippen LogP contribution in [0.4, 0.5) is 10.1 Å². The van der Waals surface area contributed by atoms with Crippen LogP contribution in [0.1, 0.15) is 42.5 Å². The molecule has 0 amide bonds. The molecule has 18 heavy (non-hydrogen) atoms. The Balaban J connectivity index is 2.12. The fourth-order valence-electron chi connectivity index (χ4n) is 2.35. The normalized spacial score (nSPS) is 16.3. The van der Waals surface area contributed by atoms with Gasteiger partial charge in [0.25, 0.3) is 0 Å². The van der Waals surface area contributed by atoms with E-state index >= 15 is 0 Å². The molecule has 1 aliphatic rings. The van der Waals surface area contributed by atoms with E-state index in [4.69, 9.17) is 0 Å². The maximum absolute atomic E-state index is 13.7. The average molecular weight is 251 g/mol. The van der Waals surface area contributed by atoms with Crippen molar-refractivity contribution in [2.45, 2.75) is 38.1 Å². The van der Waals surface area contributed by atoms with E-state index < -0.39 is 5.97 Å². The van der Waals surface area contributed by atoms with Crippen molar-refractivity contribution in [2.24, 2.45) is 0 Å². The Morgan fingerprint density at radius 3 is 2.72 bits per heavy atom. The number of carbonyl (C=O) groups is 1. The lowest BCUT2D eigenvalue weighted by Crippen LogP contribution is -2.23. The van der Waals surface area contributed by atoms with E-state index in [1.807, 2.05) is 0 Å². The van der Waals surface area contributed by atoms with E-state index in [2.05, 4.69) is 10.1 Å². The topological polar surface area (TPSA) is 38.3 Å². The number of esters is 1. The molecule has 0 saturated heterocycles. The second-order valence-corrected chi connectivity index (χ2v) is 4.67. The molecule has 1 aromatic rings. The number of methoxy groups -OCH3 is 1. The molecule has 0 aliphatic heterocycles. The molecule has 0 atom stereocenters. The van der Waals surface area contributed by atoms with E-state index in [1.54, 1.807) is 0 Å². The van der Waals surface area contributed by atoms with E-state index in [-0.39, 0.29) is 5.82 Å². The van der Waals surface area contributed by atoms with Gasteiger partial charge in [0, 0.05) is 6.04 Å². The Hall–Kier alpha value is -1.58. The molecule has 1 fully saturated rings. The molecule has 0 aromatic heterocycles. The van der Waals surface area contributed by atoms with E-state index in [1.165, 1.54) is 44.6 Å². The van der Waals surface area contributed by atoms with E-state index in [9.17, 15) is 9.18 Å². The minimum atomic E-state index is -0.443. The highest BCUT2D eigenvalue weighted by molar-refractivity contribution is 5.90. The molecule has 1 aliphatic carbocycles. The molecule has 4 heteroatoms. The fourth-order valence-corrected chi connectivity index (χ4v) is 2.35. The summed E-state index contributed by atoms with van der Waals surface area (Å²) in [5.41, 5.74) is 0.766. The molecule has 0 bridgehead atoms. The summed E-state index contributed by atoms with van der Waals surface area (Å²) < 4.78 is 18.3. The first-order valence-corrected chi connectivity index (χ1v) is 6.35. The van der Waals surface area contributed by atoms with Gasteiger partial charge >= 0.3 is 5.97 Å². The van der Waals surface area contributed by atoms with Crippen LogP contribution in [0.3, 0.4) is 0 Å². The molecule has 0 heterocycles. The number of halogens is 1. The van der Waals surface area contributed by atoms with Gasteiger partial charge < -0.3 is 10.1 Å². The van der Waals surface area contributed by atoms with Crippen molar-refractivity contribution in [2.75, 3.05) is 12.4 Å². The lowest BCUT2D eigenvalue weighted by molar-refractivity contribution is 0.0600. The third-order valence-corrected chi connectivity index (χ3v) is 3.35. The van der Waals surface area contributed by atoms with Gasteiger partial charge in [-0.05, 0) is 31.0 Å². The molecular formula is C14H18FNO2. The summed E-state index contributed by atoms with van der Waals surface area (Å²) >= 11 is 0. The molecule has 1 aromatic carbocycles. The van der Waals surface area contributed by atoms with Crippen LogP contribution in [0.25, 0.3) is 0 Å². The number of rotatable bonds is 3. The third kappa shape index (κ3) is 3.00. The van der Waals surface area contributed by atoms with Gasteiger partial charge in [0.1, 0.15) is 5.82 Å². The maximum Gasteiger partial charge on any atom is 0.337 e. The molecule has 2 rings (SSSR count). The Morgan fingerprint density at radius 1 is 1.33 bits per heavy atom. The van der Waals surface area contributed by atoms with Crippen molar-refractivity contribution >= 4 is 11.7 Å². The minimum absolute atomic E-state index is 0.307. The van der Waals surface area contributed by atoms with Crippen LogP contribution in [0, 0.1) is 5.82 Å². The highest BCUT2D eigenvalue weighted by atomic mass is 19.1. The van der Waals surface area contributed by atoms with Gasteiger partial charge in [-0.1, -0.05) is 19.3 Å². The fraction of sp³-hybridized carbons (Fsp3) is 0.500. The molecule has 1 saturated carbocycles. The highest BCUT2D eigenvalue weighted by Gasteiger charge is 2.16. The first kappa shape index (κ1) is 12.9. The first-order chi connectivity index (χ1) is 8.70. The summed E-state index contributed by atoms with van der Waals surface area (Å²) in [6.07, 6.45) is 5.72. The Kier molecular flexibility index (Phi) is 4.18. The van der Waals surface area contributed by atoms with Crippen molar-refractivity contribution in [3.63, 3.8) is 0 Å². The van der Waals surface area contributed by atoms with Crippen molar-refractivity contribution < 1.29 is 13.9 Å². The van der Waals surface area contributed by atoms with Crippen molar-refractivity contribution in [1.29, 1.82) is 0 Å². The van der Waals surface area contributed by atoms with E-state index in [0.29, 0.717) is 17.3 Å². The van der Waals surface area contributed by atoms with Crippen LogP contribution < -0.4 is 5.32 Å². The smallest absolute Gasteiger partial charge is 0.337 e. The van der Waals surface area contributed by atoms with Crippen LogP contribution >= 0.6 is 0 Å².